The van der Waals surface area contributed by atoms with Crippen LogP contribution in [0.15, 0.2) is 28.9 Å². The Morgan fingerprint density at radius 3 is 2.76 bits per heavy atom. The van der Waals surface area contributed by atoms with Crippen LogP contribution in [-0.4, -0.2) is 11.1 Å². The van der Waals surface area contributed by atoms with Gasteiger partial charge in [0.05, 0.1) is 11.7 Å². The van der Waals surface area contributed by atoms with Gasteiger partial charge in [0.25, 0.3) is 0 Å². The van der Waals surface area contributed by atoms with Crippen LogP contribution in [0.3, 0.4) is 0 Å². The van der Waals surface area contributed by atoms with Gasteiger partial charge in [0, 0.05) is 5.39 Å². The molecule has 0 bridgehead atoms. The van der Waals surface area contributed by atoms with Gasteiger partial charge in [-0.1, -0.05) is 12.1 Å². The first-order chi connectivity index (χ1) is 7.90. The quantitative estimate of drug-likeness (QED) is 0.882. The molecule has 1 N–H and O–H groups in total. The van der Waals surface area contributed by atoms with Crippen LogP contribution in [0, 0.1) is 12.3 Å². The summed E-state index contributed by atoms with van der Waals surface area (Å²) in [5, 5.41) is 10.1. The van der Waals surface area contributed by atoms with E-state index in [9.17, 15) is 4.79 Å². The molecule has 1 heterocycles. The van der Waals surface area contributed by atoms with Gasteiger partial charge >= 0.3 is 5.97 Å². The molecule has 1 aromatic heterocycles. The van der Waals surface area contributed by atoms with E-state index in [-0.39, 0.29) is 0 Å². The molecule has 3 nitrogen and oxygen atoms in total. The molecule has 0 aliphatic carbocycles. The topological polar surface area (TPSA) is 50.4 Å². The molecule has 2 aromatic rings. The lowest BCUT2D eigenvalue weighted by atomic mass is 9.86. The highest BCUT2D eigenvalue weighted by molar-refractivity contribution is 5.83. The third-order valence-electron chi connectivity index (χ3n) is 3.02. The van der Waals surface area contributed by atoms with Crippen LogP contribution in [0.4, 0.5) is 0 Å². The van der Waals surface area contributed by atoms with Crippen molar-refractivity contribution < 1.29 is 14.3 Å². The van der Waals surface area contributed by atoms with Crippen molar-refractivity contribution in [2.24, 2.45) is 5.41 Å². The van der Waals surface area contributed by atoms with Crippen molar-refractivity contribution in [1.82, 2.24) is 0 Å². The van der Waals surface area contributed by atoms with Crippen molar-refractivity contribution in [3.8, 4) is 0 Å². The number of rotatable bonds is 3. The predicted molar refractivity (Wildman–Crippen MR) is 66.1 cm³/mol. The monoisotopic (exact) mass is 232 g/mol. The first-order valence-corrected chi connectivity index (χ1v) is 5.60. The number of hydrogen-bond donors (Lipinski definition) is 1. The summed E-state index contributed by atoms with van der Waals surface area (Å²) in [6.45, 7) is 5.45. The number of fused-ring (bicyclic) bond motifs is 1. The molecule has 0 saturated carbocycles. The SMILES string of the molecule is Cc1ccc2c(CC(C)(C)C(=O)O)coc2c1. The average Bonchev–Trinajstić information content (AvgIpc) is 2.60. The van der Waals surface area contributed by atoms with Crippen molar-refractivity contribution in [3.05, 3.63) is 35.6 Å². The largest absolute Gasteiger partial charge is 0.481 e. The lowest BCUT2D eigenvalue weighted by Crippen LogP contribution is -2.26. The smallest absolute Gasteiger partial charge is 0.309 e. The Labute approximate surface area is 100 Å². The predicted octanol–water partition coefficient (Wildman–Crippen LogP) is 3.39. The highest BCUT2D eigenvalue weighted by Crippen LogP contribution is 2.29. The van der Waals surface area contributed by atoms with Crippen LogP contribution in [0.25, 0.3) is 11.0 Å². The molecular weight excluding hydrogens is 216 g/mol. The fourth-order valence-corrected chi connectivity index (χ4v) is 1.88. The summed E-state index contributed by atoms with van der Waals surface area (Å²) in [5.41, 5.74) is 2.13. The van der Waals surface area contributed by atoms with Crippen molar-refractivity contribution in [2.45, 2.75) is 27.2 Å². The molecule has 0 atom stereocenters. The zero-order valence-corrected chi connectivity index (χ0v) is 10.3. The van der Waals surface area contributed by atoms with Crippen molar-refractivity contribution in [2.75, 3.05) is 0 Å². The van der Waals surface area contributed by atoms with Crippen LogP contribution < -0.4 is 0 Å². The molecule has 0 radical (unpaired) electrons. The second-order valence-electron chi connectivity index (χ2n) is 5.13. The van der Waals surface area contributed by atoms with Gasteiger partial charge in [0.2, 0.25) is 0 Å². The highest BCUT2D eigenvalue weighted by atomic mass is 16.4. The minimum absolute atomic E-state index is 0.471. The van der Waals surface area contributed by atoms with Gasteiger partial charge in [-0.25, -0.2) is 0 Å². The molecule has 3 heteroatoms. The zero-order chi connectivity index (χ0) is 12.6. The molecule has 0 amide bonds. The first kappa shape index (κ1) is 11.7. The summed E-state index contributed by atoms with van der Waals surface area (Å²) >= 11 is 0. The normalized spacial score (nSPS) is 11.9. The maximum absolute atomic E-state index is 11.1. The molecular formula is C14H16O3. The maximum atomic E-state index is 11.1. The molecule has 0 spiro atoms. The minimum Gasteiger partial charge on any atom is -0.481 e. The first-order valence-electron chi connectivity index (χ1n) is 5.60. The third kappa shape index (κ3) is 2.18. The van der Waals surface area contributed by atoms with Crippen LogP contribution in [0.2, 0.25) is 0 Å². The average molecular weight is 232 g/mol. The summed E-state index contributed by atoms with van der Waals surface area (Å²) in [4.78, 5) is 11.1. The summed E-state index contributed by atoms with van der Waals surface area (Å²) in [6.07, 6.45) is 2.13. The van der Waals surface area contributed by atoms with Gasteiger partial charge in [-0.2, -0.15) is 0 Å². The third-order valence-corrected chi connectivity index (χ3v) is 3.02. The number of carboxylic acid groups (broad SMARTS) is 1. The molecule has 0 saturated heterocycles. The van der Waals surface area contributed by atoms with Gasteiger partial charge < -0.3 is 9.52 Å². The van der Waals surface area contributed by atoms with Crippen LogP contribution in [-0.2, 0) is 11.2 Å². The van der Waals surface area contributed by atoms with E-state index in [0.717, 1.165) is 22.1 Å². The van der Waals surface area contributed by atoms with Crippen molar-refractivity contribution >= 4 is 16.9 Å². The lowest BCUT2D eigenvalue weighted by Gasteiger charge is -2.17. The fraction of sp³-hybridized carbons (Fsp3) is 0.357. The number of aliphatic carboxylic acids is 1. The Bertz CT molecular complexity index is 564. The maximum Gasteiger partial charge on any atom is 0.309 e. The van der Waals surface area contributed by atoms with Crippen LogP contribution in [0.1, 0.15) is 25.0 Å². The summed E-state index contributed by atoms with van der Waals surface area (Å²) in [5.74, 6) is -0.793. The Kier molecular flexibility index (Phi) is 2.69. The van der Waals surface area contributed by atoms with Crippen LogP contribution >= 0.6 is 0 Å². The number of carbonyl (C=O) groups is 1. The van der Waals surface area contributed by atoms with Crippen molar-refractivity contribution in [1.29, 1.82) is 0 Å². The second kappa shape index (κ2) is 3.91. The molecule has 17 heavy (non-hydrogen) atoms. The summed E-state index contributed by atoms with van der Waals surface area (Å²) < 4.78 is 5.46. The number of carboxylic acids is 1. The molecule has 0 unspecified atom stereocenters. The van der Waals surface area contributed by atoms with E-state index in [0.29, 0.717) is 6.42 Å². The molecule has 1 aromatic carbocycles. The molecule has 0 aliphatic rings. The van der Waals surface area contributed by atoms with E-state index in [1.807, 2.05) is 25.1 Å². The van der Waals surface area contributed by atoms with Gasteiger partial charge in [-0.3, -0.25) is 4.79 Å². The Morgan fingerprint density at radius 1 is 1.41 bits per heavy atom. The van der Waals surface area contributed by atoms with E-state index in [4.69, 9.17) is 9.52 Å². The standard InChI is InChI=1S/C14H16O3/c1-9-4-5-11-10(8-17-12(11)6-9)7-14(2,3)13(15)16/h4-6,8H,7H2,1-3H3,(H,15,16). The van der Waals surface area contributed by atoms with Crippen molar-refractivity contribution in [3.63, 3.8) is 0 Å². The highest BCUT2D eigenvalue weighted by Gasteiger charge is 2.28. The van der Waals surface area contributed by atoms with Gasteiger partial charge in [-0.15, -0.1) is 0 Å². The summed E-state index contributed by atoms with van der Waals surface area (Å²) in [6, 6.07) is 5.96. The van der Waals surface area contributed by atoms with Gasteiger partial charge in [0.15, 0.2) is 0 Å². The molecule has 0 aliphatic heterocycles. The van der Waals surface area contributed by atoms with Gasteiger partial charge in [0.1, 0.15) is 5.58 Å². The Hall–Kier alpha value is -1.77. The summed E-state index contributed by atoms with van der Waals surface area (Å²) in [7, 11) is 0. The van der Waals surface area contributed by atoms with E-state index >= 15 is 0 Å². The van der Waals surface area contributed by atoms with E-state index in [1.54, 1.807) is 20.1 Å². The molecule has 0 fully saturated rings. The number of hydrogen-bond acceptors (Lipinski definition) is 2. The Balaban J connectivity index is 2.41. The molecule has 2 rings (SSSR count). The fourth-order valence-electron chi connectivity index (χ4n) is 1.88. The minimum atomic E-state index is -0.793. The lowest BCUT2D eigenvalue weighted by molar-refractivity contribution is -0.146. The second-order valence-corrected chi connectivity index (χ2v) is 5.13. The van der Waals surface area contributed by atoms with Crippen LogP contribution in [0.5, 0.6) is 0 Å². The molecule has 90 valence electrons. The Morgan fingerprint density at radius 2 is 2.12 bits per heavy atom. The zero-order valence-electron chi connectivity index (χ0n) is 10.3. The van der Waals surface area contributed by atoms with Gasteiger partial charge in [-0.05, 0) is 44.4 Å². The number of furan rings is 1. The van der Waals surface area contributed by atoms with E-state index in [1.165, 1.54) is 0 Å². The van der Waals surface area contributed by atoms with E-state index < -0.39 is 11.4 Å². The number of benzene rings is 1. The van der Waals surface area contributed by atoms with E-state index in [2.05, 4.69) is 0 Å². The number of aryl methyl sites for hydroxylation is 1.